The van der Waals surface area contributed by atoms with Crippen molar-refractivity contribution >= 4 is 22.9 Å². The van der Waals surface area contributed by atoms with E-state index in [-0.39, 0.29) is 5.56 Å². The van der Waals surface area contributed by atoms with E-state index in [0.29, 0.717) is 23.7 Å². The third-order valence-electron chi connectivity index (χ3n) is 5.83. The molecule has 1 aromatic heterocycles. The maximum Gasteiger partial charge on any atom is 0.142 e. The summed E-state index contributed by atoms with van der Waals surface area (Å²) in [6, 6.07) is 10.0. The van der Waals surface area contributed by atoms with Crippen molar-refractivity contribution in [1.82, 2.24) is 9.55 Å². The number of rotatable bonds is 2. The lowest BCUT2D eigenvalue weighted by atomic mass is 9.94. The van der Waals surface area contributed by atoms with Crippen LogP contribution in [0.3, 0.4) is 0 Å². The minimum Gasteiger partial charge on any atom is -0.327 e. The van der Waals surface area contributed by atoms with Gasteiger partial charge in [0.25, 0.3) is 0 Å². The lowest BCUT2D eigenvalue weighted by Crippen LogP contribution is -2.11. The summed E-state index contributed by atoms with van der Waals surface area (Å²) in [6.45, 7) is 0. The summed E-state index contributed by atoms with van der Waals surface area (Å²) in [5.41, 5.74) is 5.14. The molecule has 1 saturated carbocycles. The fraction of sp³-hybridized carbons (Fsp3) is 0.318. The van der Waals surface area contributed by atoms with Gasteiger partial charge in [0.2, 0.25) is 0 Å². The molecule has 134 valence electrons. The molecule has 0 spiro atoms. The van der Waals surface area contributed by atoms with Crippen LogP contribution in [0.1, 0.15) is 49.3 Å². The highest BCUT2D eigenvalue weighted by Crippen LogP contribution is 2.40. The Hall–Kier alpha value is -3.00. The Labute approximate surface area is 157 Å². The first-order chi connectivity index (χ1) is 13.3. The number of hydrogen-bond acceptors (Lipinski definition) is 3. The molecule has 2 aromatic carbocycles. The second-order valence-electron chi connectivity index (χ2n) is 7.38. The third kappa shape index (κ3) is 2.56. The predicted molar refractivity (Wildman–Crippen MR) is 104 cm³/mol. The Morgan fingerprint density at radius 2 is 2.00 bits per heavy atom. The molecular weight excluding hydrogens is 339 g/mol. The molecule has 5 heteroatoms. The van der Waals surface area contributed by atoms with Crippen LogP contribution < -0.4 is 0 Å². The molecule has 1 aliphatic heterocycles. The summed E-state index contributed by atoms with van der Waals surface area (Å²) in [6.07, 6.45) is 10.5. The van der Waals surface area contributed by atoms with Gasteiger partial charge >= 0.3 is 0 Å². The zero-order valence-electron chi connectivity index (χ0n) is 15.0. The molecule has 0 amide bonds. The predicted octanol–water partition coefficient (Wildman–Crippen LogP) is 5.48. The Kier molecular flexibility index (Phi) is 3.78. The zero-order valence-corrected chi connectivity index (χ0v) is 15.0. The first-order valence-corrected chi connectivity index (χ1v) is 9.51. The second kappa shape index (κ2) is 6.31. The van der Waals surface area contributed by atoms with Crippen molar-refractivity contribution in [2.24, 2.45) is 4.99 Å². The number of aliphatic imine (C=N–C) groups is 1. The van der Waals surface area contributed by atoms with E-state index < -0.39 is 5.82 Å². The van der Waals surface area contributed by atoms with Gasteiger partial charge in [0, 0.05) is 29.8 Å². The Morgan fingerprint density at radius 3 is 2.81 bits per heavy atom. The van der Waals surface area contributed by atoms with Crippen LogP contribution in [0.5, 0.6) is 0 Å². The molecule has 3 aromatic rings. The highest BCUT2D eigenvalue weighted by atomic mass is 19.1. The summed E-state index contributed by atoms with van der Waals surface area (Å²) in [4.78, 5) is 9.02. The Morgan fingerprint density at radius 1 is 1.15 bits per heavy atom. The number of benzene rings is 2. The smallest absolute Gasteiger partial charge is 0.142 e. The molecule has 27 heavy (non-hydrogen) atoms. The van der Waals surface area contributed by atoms with Crippen molar-refractivity contribution in [1.29, 1.82) is 5.26 Å². The molecule has 0 unspecified atom stereocenters. The van der Waals surface area contributed by atoms with E-state index in [2.05, 4.69) is 20.6 Å². The van der Waals surface area contributed by atoms with E-state index >= 15 is 0 Å². The Balaban J connectivity index is 1.61. The van der Waals surface area contributed by atoms with E-state index in [9.17, 15) is 9.65 Å². The number of nitrogens with zero attached hydrogens (tertiary/aromatic N) is 4. The molecule has 1 aliphatic carbocycles. The van der Waals surface area contributed by atoms with Gasteiger partial charge in [-0.05, 0) is 36.6 Å². The second-order valence-corrected chi connectivity index (χ2v) is 7.38. The fourth-order valence-corrected chi connectivity index (χ4v) is 4.46. The zero-order chi connectivity index (χ0) is 18.4. The largest absolute Gasteiger partial charge is 0.327 e. The van der Waals surface area contributed by atoms with E-state index in [1.165, 1.54) is 38.2 Å². The highest BCUT2D eigenvalue weighted by molar-refractivity contribution is 5.91. The standard InChI is InChI=1S/C22H19FN4/c23-19-11-17(22-16(8-9-25-22)18(19)12-24)14-6-7-21-20(10-14)26-13-27(21)15-4-2-1-3-5-15/h6-7,9-11,13,15H,1-5,8H2. The lowest BCUT2D eigenvalue weighted by Gasteiger charge is -2.23. The van der Waals surface area contributed by atoms with Crippen molar-refractivity contribution in [3.8, 4) is 17.2 Å². The van der Waals surface area contributed by atoms with Gasteiger partial charge in [-0.1, -0.05) is 25.3 Å². The number of halogens is 1. The molecule has 5 rings (SSSR count). The van der Waals surface area contributed by atoms with E-state index in [1.54, 1.807) is 6.21 Å². The van der Waals surface area contributed by atoms with Crippen LogP contribution in [-0.2, 0) is 6.42 Å². The molecule has 4 nitrogen and oxygen atoms in total. The molecule has 0 atom stereocenters. The average molecular weight is 358 g/mol. The molecule has 0 radical (unpaired) electrons. The third-order valence-corrected chi connectivity index (χ3v) is 5.83. The molecule has 2 heterocycles. The van der Waals surface area contributed by atoms with E-state index in [0.717, 1.165) is 22.2 Å². The van der Waals surface area contributed by atoms with Crippen LogP contribution in [0.4, 0.5) is 10.1 Å². The average Bonchev–Trinajstić information content (AvgIpc) is 3.35. The quantitative estimate of drug-likeness (QED) is 0.609. The number of aromatic nitrogens is 2. The summed E-state index contributed by atoms with van der Waals surface area (Å²) in [5, 5.41) is 9.25. The summed E-state index contributed by atoms with van der Waals surface area (Å²) in [7, 11) is 0. The summed E-state index contributed by atoms with van der Waals surface area (Å²) >= 11 is 0. The fourth-order valence-electron chi connectivity index (χ4n) is 4.46. The molecule has 0 bridgehead atoms. The molecule has 2 aliphatic rings. The number of fused-ring (bicyclic) bond motifs is 2. The van der Waals surface area contributed by atoms with E-state index in [4.69, 9.17) is 0 Å². The topological polar surface area (TPSA) is 54.0 Å². The molecule has 1 fully saturated rings. The van der Waals surface area contributed by atoms with Crippen LogP contribution in [0.2, 0.25) is 0 Å². The van der Waals surface area contributed by atoms with Gasteiger partial charge in [0.1, 0.15) is 11.9 Å². The maximum atomic E-state index is 14.5. The molecule has 0 saturated heterocycles. The minimum absolute atomic E-state index is 0.105. The van der Waals surface area contributed by atoms with Crippen LogP contribution >= 0.6 is 0 Å². The SMILES string of the molecule is N#Cc1c(F)cc(-c2ccc3c(c2)ncn3C2CCCCC2)c2c1CC=N2. The number of hydrogen-bond donors (Lipinski definition) is 0. The van der Waals surface area contributed by atoms with Gasteiger partial charge in [0.15, 0.2) is 0 Å². The van der Waals surface area contributed by atoms with Crippen molar-refractivity contribution in [3.05, 3.63) is 47.5 Å². The molecule has 0 N–H and O–H groups in total. The van der Waals surface area contributed by atoms with Gasteiger partial charge in [0.05, 0.1) is 28.6 Å². The van der Waals surface area contributed by atoms with Crippen LogP contribution in [0.25, 0.3) is 22.2 Å². The number of imidazole rings is 1. The van der Waals surface area contributed by atoms with Crippen molar-refractivity contribution in [2.45, 2.75) is 44.6 Å². The lowest BCUT2D eigenvalue weighted by molar-refractivity contribution is 0.359. The van der Waals surface area contributed by atoms with Gasteiger partial charge in [-0.15, -0.1) is 0 Å². The van der Waals surface area contributed by atoms with Crippen LogP contribution in [0.15, 0.2) is 35.6 Å². The van der Waals surface area contributed by atoms with Gasteiger partial charge < -0.3 is 4.57 Å². The monoisotopic (exact) mass is 358 g/mol. The number of nitriles is 1. The maximum absolute atomic E-state index is 14.5. The normalized spacial score (nSPS) is 16.6. The van der Waals surface area contributed by atoms with E-state index in [1.807, 2.05) is 24.5 Å². The van der Waals surface area contributed by atoms with Crippen molar-refractivity contribution in [3.63, 3.8) is 0 Å². The van der Waals surface area contributed by atoms with Crippen LogP contribution in [0, 0.1) is 17.1 Å². The first-order valence-electron chi connectivity index (χ1n) is 9.51. The van der Waals surface area contributed by atoms with Crippen molar-refractivity contribution in [2.75, 3.05) is 0 Å². The molecular formula is C22H19FN4. The minimum atomic E-state index is -0.482. The summed E-state index contributed by atoms with van der Waals surface area (Å²) < 4.78 is 16.7. The van der Waals surface area contributed by atoms with Crippen molar-refractivity contribution < 1.29 is 4.39 Å². The highest BCUT2D eigenvalue weighted by Gasteiger charge is 2.22. The summed E-state index contributed by atoms with van der Waals surface area (Å²) in [5.74, 6) is -0.482. The van der Waals surface area contributed by atoms with Gasteiger partial charge in [-0.3, -0.25) is 4.99 Å². The first kappa shape index (κ1) is 16.2. The van der Waals surface area contributed by atoms with Gasteiger partial charge in [-0.25, -0.2) is 9.37 Å². The Bertz CT molecular complexity index is 1110. The van der Waals surface area contributed by atoms with Crippen LogP contribution in [-0.4, -0.2) is 15.8 Å². The van der Waals surface area contributed by atoms with Gasteiger partial charge in [-0.2, -0.15) is 5.26 Å².